The lowest BCUT2D eigenvalue weighted by Gasteiger charge is -2.28. The van der Waals surface area contributed by atoms with E-state index in [1.807, 2.05) is 6.08 Å². The lowest BCUT2D eigenvalue weighted by molar-refractivity contribution is -0.0132. The van der Waals surface area contributed by atoms with Crippen molar-refractivity contribution in [2.75, 3.05) is 26.4 Å². The quantitative estimate of drug-likeness (QED) is 0.266. The van der Waals surface area contributed by atoms with Gasteiger partial charge in [-0.05, 0) is 19.3 Å². The fourth-order valence-electron chi connectivity index (χ4n) is 2.41. The summed E-state index contributed by atoms with van der Waals surface area (Å²) >= 11 is 0. The summed E-state index contributed by atoms with van der Waals surface area (Å²) in [5, 5.41) is 0. The van der Waals surface area contributed by atoms with Crippen molar-refractivity contribution in [1.82, 2.24) is 0 Å². The normalized spacial score (nSPS) is 11.8. The number of hydrogen-bond acceptors (Lipinski definition) is 2. The smallest absolute Gasteiger partial charge is 0.0544 e. The number of unbranched alkanes of at least 4 members (excludes halogenated alkanes) is 6. The van der Waals surface area contributed by atoms with Gasteiger partial charge in [0, 0.05) is 18.6 Å². The zero-order chi connectivity index (χ0) is 15.8. The molecule has 0 aromatic rings. The number of allylic oxidation sites excluding steroid dienone is 1. The minimum Gasteiger partial charge on any atom is -0.381 e. The number of hydrogen-bond donors (Lipinski definition) is 0. The topological polar surface area (TPSA) is 18.5 Å². The lowest BCUT2D eigenvalue weighted by atomic mass is 9.89. The maximum absolute atomic E-state index is 5.87. The second-order valence-electron chi connectivity index (χ2n) is 6.53. The summed E-state index contributed by atoms with van der Waals surface area (Å²) in [5.74, 6) is 0. The van der Waals surface area contributed by atoms with Gasteiger partial charge in [0.05, 0.1) is 13.2 Å². The fourth-order valence-corrected chi connectivity index (χ4v) is 2.41. The van der Waals surface area contributed by atoms with Crippen molar-refractivity contribution >= 4 is 0 Å². The van der Waals surface area contributed by atoms with E-state index in [0.717, 1.165) is 32.8 Å². The molecule has 0 rings (SSSR count). The van der Waals surface area contributed by atoms with Crippen LogP contribution < -0.4 is 0 Å². The third-order valence-electron chi connectivity index (χ3n) is 3.82. The van der Waals surface area contributed by atoms with Crippen molar-refractivity contribution in [1.29, 1.82) is 0 Å². The molecule has 0 bridgehead atoms. The molecule has 0 N–H and O–H groups in total. The van der Waals surface area contributed by atoms with Gasteiger partial charge in [-0.25, -0.2) is 0 Å². The van der Waals surface area contributed by atoms with E-state index in [1.165, 1.54) is 51.4 Å². The first-order chi connectivity index (χ1) is 10.2. The van der Waals surface area contributed by atoms with Crippen molar-refractivity contribution in [3.63, 3.8) is 0 Å². The monoisotopic (exact) mass is 298 g/mol. The summed E-state index contributed by atoms with van der Waals surface area (Å²) in [4.78, 5) is 0. The number of rotatable bonds is 16. The highest BCUT2D eigenvalue weighted by Gasteiger charge is 2.23. The predicted octanol–water partition coefficient (Wildman–Crippen LogP) is 5.76. The highest BCUT2D eigenvalue weighted by Crippen LogP contribution is 2.23. The summed E-state index contributed by atoms with van der Waals surface area (Å²) < 4.78 is 11.7. The molecule has 126 valence electrons. The molecule has 0 aliphatic rings. The zero-order valence-corrected chi connectivity index (χ0v) is 14.8. The average molecular weight is 299 g/mol. The van der Waals surface area contributed by atoms with Crippen molar-refractivity contribution in [2.24, 2.45) is 5.41 Å². The van der Waals surface area contributed by atoms with E-state index in [1.54, 1.807) is 0 Å². The van der Waals surface area contributed by atoms with Crippen LogP contribution in [0.2, 0.25) is 0 Å². The molecular weight excluding hydrogens is 260 g/mol. The molecule has 0 spiro atoms. The van der Waals surface area contributed by atoms with Crippen LogP contribution in [0.3, 0.4) is 0 Å². The molecule has 0 amide bonds. The van der Waals surface area contributed by atoms with Crippen LogP contribution in [0.4, 0.5) is 0 Å². The van der Waals surface area contributed by atoms with E-state index in [0.29, 0.717) is 0 Å². The maximum atomic E-state index is 5.87. The molecular formula is C19H38O2. The molecule has 21 heavy (non-hydrogen) atoms. The molecule has 0 saturated carbocycles. The highest BCUT2D eigenvalue weighted by atomic mass is 16.5. The molecule has 0 fully saturated rings. The fraction of sp³-hybridized carbons (Fsp3) is 0.895. The van der Waals surface area contributed by atoms with Crippen LogP contribution in [-0.4, -0.2) is 26.4 Å². The first-order valence-electron chi connectivity index (χ1n) is 8.95. The van der Waals surface area contributed by atoms with Crippen LogP contribution >= 0.6 is 0 Å². The van der Waals surface area contributed by atoms with Crippen LogP contribution in [-0.2, 0) is 9.47 Å². The van der Waals surface area contributed by atoms with Gasteiger partial charge in [-0.2, -0.15) is 0 Å². The lowest BCUT2D eigenvalue weighted by Crippen LogP contribution is -2.29. The number of ether oxygens (including phenoxy) is 2. The Morgan fingerprint density at radius 3 is 1.67 bits per heavy atom. The largest absolute Gasteiger partial charge is 0.381 e. The Labute approximate surface area is 133 Å². The molecule has 0 heterocycles. The van der Waals surface area contributed by atoms with Gasteiger partial charge < -0.3 is 9.47 Å². The van der Waals surface area contributed by atoms with Crippen LogP contribution in [0.5, 0.6) is 0 Å². The Balaban J connectivity index is 3.75. The highest BCUT2D eigenvalue weighted by molar-refractivity contribution is 4.83. The van der Waals surface area contributed by atoms with Gasteiger partial charge in [0.15, 0.2) is 0 Å². The molecule has 0 saturated heterocycles. The third-order valence-corrected chi connectivity index (χ3v) is 3.82. The molecule has 2 heteroatoms. The van der Waals surface area contributed by atoms with Gasteiger partial charge in [-0.1, -0.05) is 65.4 Å². The summed E-state index contributed by atoms with van der Waals surface area (Å²) in [6, 6.07) is 0. The van der Waals surface area contributed by atoms with Crippen LogP contribution in [0.25, 0.3) is 0 Å². The van der Waals surface area contributed by atoms with Crippen molar-refractivity contribution in [3.8, 4) is 0 Å². The van der Waals surface area contributed by atoms with E-state index in [4.69, 9.17) is 9.47 Å². The first-order valence-corrected chi connectivity index (χ1v) is 8.95. The Kier molecular flexibility index (Phi) is 14.4. The van der Waals surface area contributed by atoms with E-state index < -0.39 is 0 Å². The van der Waals surface area contributed by atoms with E-state index in [2.05, 4.69) is 27.4 Å². The van der Waals surface area contributed by atoms with Crippen LogP contribution in [0, 0.1) is 5.41 Å². The summed E-state index contributed by atoms with van der Waals surface area (Å²) in [6.45, 7) is 13.9. The minimum atomic E-state index is 0.0806. The van der Waals surface area contributed by atoms with Crippen molar-refractivity contribution in [2.45, 2.75) is 78.6 Å². The van der Waals surface area contributed by atoms with E-state index in [9.17, 15) is 0 Å². The molecule has 0 aliphatic heterocycles. The van der Waals surface area contributed by atoms with Crippen molar-refractivity contribution in [3.05, 3.63) is 12.7 Å². The van der Waals surface area contributed by atoms with Gasteiger partial charge in [0.25, 0.3) is 0 Å². The molecule has 0 unspecified atom stereocenters. The minimum absolute atomic E-state index is 0.0806. The predicted molar refractivity (Wildman–Crippen MR) is 92.8 cm³/mol. The summed E-state index contributed by atoms with van der Waals surface area (Å²) in [5.41, 5.74) is 0.0806. The Morgan fingerprint density at radius 2 is 1.29 bits per heavy atom. The summed E-state index contributed by atoms with van der Waals surface area (Å²) in [7, 11) is 0. The van der Waals surface area contributed by atoms with Gasteiger partial charge in [-0.3, -0.25) is 0 Å². The van der Waals surface area contributed by atoms with E-state index >= 15 is 0 Å². The zero-order valence-electron chi connectivity index (χ0n) is 14.8. The van der Waals surface area contributed by atoms with Gasteiger partial charge in [0.2, 0.25) is 0 Å². The molecule has 0 aromatic carbocycles. The average Bonchev–Trinajstić information content (AvgIpc) is 2.47. The Hall–Kier alpha value is -0.340. The maximum Gasteiger partial charge on any atom is 0.0544 e. The van der Waals surface area contributed by atoms with Gasteiger partial charge >= 0.3 is 0 Å². The van der Waals surface area contributed by atoms with Crippen LogP contribution in [0.1, 0.15) is 78.6 Å². The standard InChI is InChI=1S/C19H38O2/c1-5-8-10-12-15-20-17-19(4,14-7-3)18-21-16-13-11-9-6-2/h7H,3,5-6,8-18H2,1-2,4H3. The Morgan fingerprint density at radius 1 is 0.810 bits per heavy atom. The second kappa shape index (κ2) is 14.6. The van der Waals surface area contributed by atoms with E-state index in [-0.39, 0.29) is 5.41 Å². The van der Waals surface area contributed by atoms with Gasteiger partial charge in [0.1, 0.15) is 0 Å². The SMILES string of the molecule is C=CCC(C)(COCCCCCC)COCCCCCC. The molecule has 2 nitrogen and oxygen atoms in total. The molecule has 0 radical (unpaired) electrons. The molecule has 0 atom stereocenters. The first kappa shape index (κ1) is 20.7. The third kappa shape index (κ3) is 13.1. The Bertz CT molecular complexity index is 210. The molecule has 0 aliphatic carbocycles. The second-order valence-corrected chi connectivity index (χ2v) is 6.53. The van der Waals surface area contributed by atoms with Gasteiger partial charge in [-0.15, -0.1) is 6.58 Å². The van der Waals surface area contributed by atoms with Crippen LogP contribution in [0.15, 0.2) is 12.7 Å². The summed E-state index contributed by atoms with van der Waals surface area (Å²) in [6.07, 6.45) is 13.0. The van der Waals surface area contributed by atoms with Crippen molar-refractivity contribution < 1.29 is 9.47 Å². The molecule has 0 aromatic heterocycles.